The summed E-state index contributed by atoms with van der Waals surface area (Å²) in [7, 11) is 2.15. The van der Waals surface area contributed by atoms with Gasteiger partial charge in [-0.1, -0.05) is 6.07 Å². The van der Waals surface area contributed by atoms with E-state index in [1.54, 1.807) is 23.2 Å². The molecule has 172 valence electrons. The summed E-state index contributed by atoms with van der Waals surface area (Å²) < 4.78 is 0. The fraction of sp³-hybridized carbons (Fsp3) is 0.522. The van der Waals surface area contributed by atoms with E-state index in [0.717, 1.165) is 49.9 Å². The van der Waals surface area contributed by atoms with E-state index in [0.29, 0.717) is 24.7 Å². The minimum atomic E-state index is -0.955. The number of nitrogens with two attached hydrogens (primary N) is 1. The van der Waals surface area contributed by atoms with Gasteiger partial charge >= 0.3 is 0 Å². The van der Waals surface area contributed by atoms with Crippen molar-refractivity contribution in [2.75, 3.05) is 46.3 Å². The lowest BCUT2D eigenvalue weighted by Crippen LogP contribution is -2.57. The fourth-order valence-corrected chi connectivity index (χ4v) is 4.63. The molecule has 0 saturated carbocycles. The third-order valence-corrected chi connectivity index (χ3v) is 6.62. The van der Waals surface area contributed by atoms with Crippen LogP contribution in [0.3, 0.4) is 0 Å². The zero-order valence-electron chi connectivity index (χ0n) is 18.5. The standard InChI is InChI=1S/C23H32N6O3/c1-27-8-5-18(6-9-27)28-10-12-29(13-11-28)23(32)19(24)15-21(30)26-22(31)17-3-2-16-4-7-25-20(16)14-17/h2-4,7,14,18-19,25H,5-6,8-13,15,24H2,1H3,(H,26,30,31)/t19-/m1/s1. The van der Waals surface area contributed by atoms with E-state index >= 15 is 0 Å². The van der Waals surface area contributed by atoms with E-state index in [9.17, 15) is 14.4 Å². The van der Waals surface area contributed by atoms with Crippen LogP contribution in [0.15, 0.2) is 30.5 Å². The van der Waals surface area contributed by atoms with Gasteiger partial charge in [0, 0.05) is 49.5 Å². The molecule has 2 fully saturated rings. The number of hydrogen-bond acceptors (Lipinski definition) is 6. The van der Waals surface area contributed by atoms with Crippen LogP contribution in [0.5, 0.6) is 0 Å². The molecule has 0 unspecified atom stereocenters. The van der Waals surface area contributed by atoms with Gasteiger partial charge in [-0.25, -0.2) is 0 Å². The number of likely N-dealkylation sites (tertiary alicyclic amines) is 1. The van der Waals surface area contributed by atoms with E-state index in [2.05, 4.69) is 27.1 Å². The second-order valence-corrected chi connectivity index (χ2v) is 8.86. The highest BCUT2D eigenvalue weighted by molar-refractivity contribution is 6.07. The van der Waals surface area contributed by atoms with Crippen molar-refractivity contribution in [1.82, 2.24) is 25.0 Å². The molecule has 0 aliphatic carbocycles. The van der Waals surface area contributed by atoms with Crippen molar-refractivity contribution in [3.8, 4) is 0 Å². The Labute approximate surface area is 187 Å². The maximum absolute atomic E-state index is 12.7. The number of hydrogen-bond donors (Lipinski definition) is 3. The molecule has 4 N–H and O–H groups in total. The second-order valence-electron chi connectivity index (χ2n) is 8.86. The van der Waals surface area contributed by atoms with Gasteiger partial charge in [-0.15, -0.1) is 0 Å². The van der Waals surface area contributed by atoms with Gasteiger partial charge in [-0.2, -0.15) is 0 Å². The number of aromatic nitrogens is 1. The van der Waals surface area contributed by atoms with Gasteiger partial charge in [0.05, 0.1) is 12.5 Å². The topological polar surface area (TPSA) is 115 Å². The first kappa shape index (κ1) is 22.4. The van der Waals surface area contributed by atoms with E-state index in [4.69, 9.17) is 5.73 Å². The third-order valence-electron chi connectivity index (χ3n) is 6.62. The molecule has 1 aromatic heterocycles. The van der Waals surface area contributed by atoms with E-state index in [1.807, 2.05) is 12.1 Å². The number of carbonyl (C=O) groups is 3. The second kappa shape index (κ2) is 9.81. The molecule has 0 bridgehead atoms. The molecule has 2 saturated heterocycles. The van der Waals surface area contributed by atoms with Crippen LogP contribution in [0.1, 0.15) is 29.6 Å². The number of fused-ring (bicyclic) bond motifs is 1. The number of aromatic amines is 1. The number of piperidine rings is 1. The Morgan fingerprint density at radius 1 is 1.09 bits per heavy atom. The Morgan fingerprint density at radius 3 is 2.53 bits per heavy atom. The number of carbonyl (C=O) groups excluding carboxylic acids is 3. The van der Waals surface area contributed by atoms with Crippen molar-refractivity contribution in [1.29, 1.82) is 0 Å². The summed E-state index contributed by atoms with van der Waals surface area (Å²) in [6.07, 6.45) is 3.89. The normalized spacial score (nSPS) is 19.8. The fourth-order valence-electron chi connectivity index (χ4n) is 4.63. The van der Waals surface area contributed by atoms with E-state index in [1.165, 1.54) is 0 Å². The molecule has 1 atom stereocenters. The number of H-pyrrole nitrogens is 1. The molecule has 32 heavy (non-hydrogen) atoms. The van der Waals surface area contributed by atoms with Crippen molar-refractivity contribution in [2.45, 2.75) is 31.3 Å². The summed E-state index contributed by atoms with van der Waals surface area (Å²) in [6, 6.07) is 6.69. The minimum Gasteiger partial charge on any atom is -0.361 e. The van der Waals surface area contributed by atoms with Gasteiger partial charge in [0.1, 0.15) is 0 Å². The summed E-state index contributed by atoms with van der Waals surface area (Å²) in [5, 5.41) is 3.32. The largest absolute Gasteiger partial charge is 0.361 e. The molecule has 2 aromatic rings. The number of nitrogens with zero attached hydrogens (tertiary/aromatic N) is 3. The van der Waals surface area contributed by atoms with Crippen LogP contribution < -0.4 is 11.1 Å². The quantitative estimate of drug-likeness (QED) is 0.619. The molecule has 3 amide bonds. The van der Waals surface area contributed by atoms with Crippen molar-refractivity contribution in [3.05, 3.63) is 36.0 Å². The molecule has 0 spiro atoms. The monoisotopic (exact) mass is 440 g/mol. The lowest BCUT2D eigenvalue weighted by Gasteiger charge is -2.42. The lowest BCUT2D eigenvalue weighted by atomic mass is 10.0. The van der Waals surface area contributed by atoms with Crippen molar-refractivity contribution < 1.29 is 14.4 Å². The highest BCUT2D eigenvalue weighted by Gasteiger charge is 2.30. The first-order chi connectivity index (χ1) is 15.4. The van der Waals surface area contributed by atoms with Gasteiger partial charge in [0.15, 0.2) is 0 Å². The van der Waals surface area contributed by atoms with Crippen molar-refractivity contribution in [2.24, 2.45) is 5.73 Å². The summed E-state index contributed by atoms with van der Waals surface area (Å²) in [5.41, 5.74) is 7.22. The maximum Gasteiger partial charge on any atom is 0.257 e. The Balaban J connectivity index is 1.23. The maximum atomic E-state index is 12.7. The van der Waals surface area contributed by atoms with Gasteiger partial charge in [0.2, 0.25) is 11.8 Å². The molecular formula is C23H32N6O3. The summed E-state index contributed by atoms with van der Waals surface area (Å²) in [6.45, 7) is 5.13. The smallest absolute Gasteiger partial charge is 0.257 e. The molecule has 9 nitrogen and oxygen atoms in total. The average molecular weight is 441 g/mol. The van der Waals surface area contributed by atoms with Crippen LogP contribution in [0.2, 0.25) is 0 Å². The van der Waals surface area contributed by atoms with Crippen LogP contribution in [-0.4, -0.2) is 95.8 Å². The molecule has 3 heterocycles. The van der Waals surface area contributed by atoms with Gasteiger partial charge in [-0.05, 0) is 56.6 Å². The highest BCUT2D eigenvalue weighted by atomic mass is 16.2. The molecule has 4 rings (SSSR count). The molecule has 1 aromatic carbocycles. The average Bonchev–Trinajstić information content (AvgIpc) is 3.27. The third kappa shape index (κ3) is 5.17. The Hall–Kier alpha value is -2.75. The first-order valence-corrected chi connectivity index (χ1v) is 11.3. The van der Waals surface area contributed by atoms with Crippen LogP contribution >= 0.6 is 0 Å². The molecular weight excluding hydrogens is 408 g/mol. The highest BCUT2D eigenvalue weighted by Crippen LogP contribution is 2.18. The van der Waals surface area contributed by atoms with Crippen LogP contribution in [0.4, 0.5) is 0 Å². The number of benzene rings is 1. The SMILES string of the molecule is CN1CCC(N2CCN(C(=O)[C@H](N)CC(=O)NC(=O)c3ccc4cc[nH]c4c3)CC2)CC1. The Morgan fingerprint density at radius 2 is 1.81 bits per heavy atom. The van der Waals surface area contributed by atoms with Gasteiger partial charge in [0.25, 0.3) is 5.91 Å². The molecule has 2 aliphatic heterocycles. The number of nitrogens with one attached hydrogen (secondary N) is 2. The van der Waals surface area contributed by atoms with Crippen LogP contribution in [0.25, 0.3) is 10.9 Å². The molecule has 0 radical (unpaired) electrons. The lowest BCUT2D eigenvalue weighted by molar-refractivity contribution is -0.137. The van der Waals surface area contributed by atoms with Crippen molar-refractivity contribution >= 4 is 28.6 Å². The zero-order chi connectivity index (χ0) is 22.7. The van der Waals surface area contributed by atoms with Crippen LogP contribution in [0, 0.1) is 0 Å². The van der Waals surface area contributed by atoms with E-state index < -0.39 is 17.9 Å². The summed E-state index contributed by atoms with van der Waals surface area (Å²) >= 11 is 0. The molecule has 2 aliphatic rings. The van der Waals surface area contributed by atoms with Gasteiger partial charge < -0.3 is 20.5 Å². The van der Waals surface area contributed by atoms with E-state index in [-0.39, 0.29) is 12.3 Å². The van der Waals surface area contributed by atoms with Gasteiger partial charge in [-0.3, -0.25) is 24.6 Å². The first-order valence-electron chi connectivity index (χ1n) is 11.3. The Kier molecular flexibility index (Phi) is 6.88. The number of rotatable bonds is 5. The zero-order valence-corrected chi connectivity index (χ0v) is 18.5. The Bertz CT molecular complexity index is 973. The predicted octanol–water partition coefficient (Wildman–Crippen LogP) is 0.380. The predicted molar refractivity (Wildman–Crippen MR) is 122 cm³/mol. The molecule has 9 heteroatoms. The minimum absolute atomic E-state index is 0.218. The number of imide groups is 1. The summed E-state index contributed by atoms with van der Waals surface area (Å²) in [5.74, 6) is -1.28. The van der Waals surface area contributed by atoms with Crippen molar-refractivity contribution in [3.63, 3.8) is 0 Å². The van der Waals surface area contributed by atoms with Crippen LogP contribution in [-0.2, 0) is 9.59 Å². The summed E-state index contributed by atoms with van der Waals surface area (Å²) in [4.78, 5) is 47.0. The number of piperazine rings is 1. The number of amides is 3.